The first-order chi connectivity index (χ1) is 5.65. The number of carbonyl (C=O) groups is 1. The SMILES string of the molecule is CC=CC(=O)n1nc(C)cc1C. The molecule has 1 aromatic rings. The van der Waals surface area contributed by atoms with Crippen molar-refractivity contribution in [3.63, 3.8) is 0 Å². The summed E-state index contributed by atoms with van der Waals surface area (Å²) < 4.78 is 1.40. The molecule has 0 saturated carbocycles. The minimum Gasteiger partial charge on any atom is -0.267 e. The van der Waals surface area contributed by atoms with Crippen LogP contribution in [0.4, 0.5) is 0 Å². The van der Waals surface area contributed by atoms with E-state index in [1.165, 1.54) is 10.8 Å². The lowest BCUT2D eigenvalue weighted by Gasteiger charge is -1.95. The van der Waals surface area contributed by atoms with E-state index in [1.54, 1.807) is 6.08 Å². The van der Waals surface area contributed by atoms with Crippen molar-refractivity contribution in [2.75, 3.05) is 0 Å². The number of allylic oxidation sites excluding steroid dienone is 2. The monoisotopic (exact) mass is 164 g/mol. The molecule has 0 aliphatic carbocycles. The Morgan fingerprint density at radius 1 is 1.58 bits per heavy atom. The Balaban J connectivity index is 3.02. The van der Waals surface area contributed by atoms with Gasteiger partial charge in [0.25, 0.3) is 5.91 Å². The third-order valence-corrected chi connectivity index (χ3v) is 1.53. The minimum atomic E-state index is -0.0944. The van der Waals surface area contributed by atoms with Gasteiger partial charge in [-0.3, -0.25) is 4.79 Å². The number of nitrogens with zero attached hydrogens (tertiary/aromatic N) is 2. The van der Waals surface area contributed by atoms with E-state index in [0.717, 1.165) is 11.4 Å². The fourth-order valence-electron chi connectivity index (χ4n) is 1.07. The maximum absolute atomic E-state index is 11.3. The van der Waals surface area contributed by atoms with Crippen LogP contribution in [0.15, 0.2) is 18.2 Å². The molecule has 0 fully saturated rings. The molecule has 1 aromatic heterocycles. The third-order valence-electron chi connectivity index (χ3n) is 1.53. The van der Waals surface area contributed by atoms with Gasteiger partial charge in [0.05, 0.1) is 5.69 Å². The quantitative estimate of drug-likeness (QED) is 0.592. The molecular formula is C9H12N2O. The molecule has 0 N–H and O–H groups in total. The molecule has 1 heterocycles. The van der Waals surface area contributed by atoms with Gasteiger partial charge in [0, 0.05) is 11.8 Å². The Labute approximate surface area is 71.7 Å². The molecule has 0 amide bonds. The van der Waals surface area contributed by atoms with Crippen LogP contribution < -0.4 is 0 Å². The van der Waals surface area contributed by atoms with Crippen molar-refractivity contribution < 1.29 is 4.79 Å². The highest BCUT2D eigenvalue weighted by atomic mass is 16.2. The molecule has 1 rings (SSSR count). The predicted octanol–water partition coefficient (Wildman–Crippen LogP) is 1.72. The first-order valence-electron chi connectivity index (χ1n) is 3.85. The summed E-state index contributed by atoms with van der Waals surface area (Å²) in [6.07, 6.45) is 3.21. The van der Waals surface area contributed by atoms with Crippen LogP contribution in [0.3, 0.4) is 0 Å². The lowest BCUT2D eigenvalue weighted by molar-refractivity contribution is 0.0951. The molecule has 0 radical (unpaired) electrons. The van der Waals surface area contributed by atoms with Crippen LogP contribution in [-0.2, 0) is 0 Å². The van der Waals surface area contributed by atoms with Gasteiger partial charge >= 0.3 is 0 Å². The molecule has 0 aliphatic heterocycles. The van der Waals surface area contributed by atoms with Crippen molar-refractivity contribution in [2.45, 2.75) is 20.8 Å². The Kier molecular flexibility index (Phi) is 2.43. The summed E-state index contributed by atoms with van der Waals surface area (Å²) in [6, 6.07) is 1.88. The molecule has 0 bridgehead atoms. The summed E-state index contributed by atoms with van der Waals surface area (Å²) in [5.74, 6) is -0.0944. The average Bonchev–Trinajstić information content (AvgIpc) is 2.30. The van der Waals surface area contributed by atoms with Gasteiger partial charge < -0.3 is 0 Å². The van der Waals surface area contributed by atoms with Crippen molar-refractivity contribution in [1.29, 1.82) is 0 Å². The number of rotatable bonds is 1. The zero-order valence-electron chi connectivity index (χ0n) is 7.53. The Hall–Kier alpha value is -1.38. The highest BCUT2D eigenvalue weighted by molar-refractivity contribution is 5.89. The van der Waals surface area contributed by atoms with Gasteiger partial charge in [-0.1, -0.05) is 6.08 Å². The fourth-order valence-corrected chi connectivity index (χ4v) is 1.07. The standard InChI is InChI=1S/C9H12N2O/c1-4-5-9(12)11-8(3)6-7(2)10-11/h4-6H,1-3H3. The fraction of sp³-hybridized carbons (Fsp3) is 0.333. The molecule has 0 atom stereocenters. The molecule has 0 aliphatic rings. The second-order valence-electron chi connectivity index (χ2n) is 2.68. The van der Waals surface area contributed by atoms with Crippen LogP contribution in [0.25, 0.3) is 0 Å². The van der Waals surface area contributed by atoms with Crippen LogP contribution in [0.5, 0.6) is 0 Å². The van der Waals surface area contributed by atoms with Gasteiger partial charge in [-0.15, -0.1) is 0 Å². The number of hydrogen-bond acceptors (Lipinski definition) is 2. The maximum Gasteiger partial charge on any atom is 0.270 e. The van der Waals surface area contributed by atoms with E-state index < -0.39 is 0 Å². The van der Waals surface area contributed by atoms with Crippen LogP contribution >= 0.6 is 0 Å². The summed E-state index contributed by atoms with van der Waals surface area (Å²) in [7, 11) is 0. The number of aryl methyl sites for hydroxylation is 2. The van der Waals surface area contributed by atoms with Crippen LogP contribution in [0.2, 0.25) is 0 Å². The predicted molar refractivity (Wildman–Crippen MR) is 47.1 cm³/mol. The van der Waals surface area contributed by atoms with Gasteiger partial charge in [-0.2, -0.15) is 5.10 Å². The van der Waals surface area contributed by atoms with Crippen LogP contribution in [-0.4, -0.2) is 15.7 Å². The Morgan fingerprint density at radius 3 is 2.67 bits per heavy atom. The van der Waals surface area contributed by atoms with Crippen molar-refractivity contribution in [3.05, 3.63) is 29.6 Å². The van der Waals surface area contributed by atoms with Gasteiger partial charge in [-0.25, -0.2) is 4.68 Å². The maximum atomic E-state index is 11.3. The molecule has 0 saturated heterocycles. The summed E-state index contributed by atoms with van der Waals surface area (Å²) in [5.41, 5.74) is 1.74. The Bertz CT molecular complexity index is 323. The molecule has 3 heteroatoms. The minimum absolute atomic E-state index is 0.0944. The smallest absolute Gasteiger partial charge is 0.267 e. The zero-order chi connectivity index (χ0) is 9.14. The normalized spacial score (nSPS) is 10.9. The van der Waals surface area contributed by atoms with E-state index in [9.17, 15) is 4.79 Å². The van der Waals surface area contributed by atoms with Gasteiger partial charge in [0.15, 0.2) is 0 Å². The number of carbonyl (C=O) groups excluding carboxylic acids is 1. The second kappa shape index (κ2) is 3.34. The zero-order valence-corrected chi connectivity index (χ0v) is 7.53. The lowest BCUT2D eigenvalue weighted by Crippen LogP contribution is -2.10. The van der Waals surface area contributed by atoms with E-state index in [0.29, 0.717) is 0 Å². The van der Waals surface area contributed by atoms with E-state index >= 15 is 0 Å². The Morgan fingerprint density at radius 2 is 2.25 bits per heavy atom. The largest absolute Gasteiger partial charge is 0.270 e. The van der Waals surface area contributed by atoms with Crippen molar-refractivity contribution in [1.82, 2.24) is 9.78 Å². The first kappa shape index (κ1) is 8.71. The highest BCUT2D eigenvalue weighted by Gasteiger charge is 2.05. The molecule has 64 valence electrons. The van der Waals surface area contributed by atoms with Gasteiger partial charge in [0.2, 0.25) is 0 Å². The summed E-state index contributed by atoms with van der Waals surface area (Å²) in [6.45, 7) is 5.54. The van der Waals surface area contributed by atoms with Crippen LogP contribution in [0.1, 0.15) is 23.1 Å². The molecule has 12 heavy (non-hydrogen) atoms. The summed E-state index contributed by atoms with van der Waals surface area (Å²) in [5, 5.41) is 4.04. The van der Waals surface area contributed by atoms with E-state index in [-0.39, 0.29) is 5.91 Å². The third kappa shape index (κ3) is 1.61. The van der Waals surface area contributed by atoms with E-state index in [4.69, 9.17) is 0 Å². The summed E-state index contributed by atoms with van der Waals surface area (Å²) in [4.78, 5) is 11.3. The van der Waals surface area contributed by atoms with Crippen molar-refractivity contribution in [3.8, 4) is 0 Å². The molecule has 0 aromatic carbocycles. The van der Waals surface area contributed by atoms with Crippen LogP contribution in [0, 0.1) is 13.8 Å². The molecule has 3 nitrogen and oxygen atoms in total. The average molecular weight is 164 g/mol. The first-order valence-corrected chi connectivity index (χ1v) is 3.85. The highest BCUT2D eigenvalue weighted by Crippen LogP contribution is 2.01. The lowest BCUT2D eigenvalue weighted by atomic mass is 10.4. The van der Waals surface area contributed by atoms with Crippen molar-refractivity contribution >= 4 is 5.91 Å². The number of aromatic nitrogens is 2. The van der Waals surface area contributed by atoms with Crippen molar-refractivity contribution in [2.24, 2.45) is 0 Å². The van der Waals surface area contributed by atoms with Gasteiger partial charge in [-0.05, 0) is 26.8 Å². The van der Waals surface area contributed by atoms with E-state index in [1.807, 2.05) is 26.8 Å². The second-order valence-corrected chi connectivity index (χ2v) is 2.68. The molecule has 0 unspecified atom stereocenters. The number of hydrogen-bond donors (Lipinski definition) is 0. The van der Waals surface area contributed by atoms with Gasteiger partial charge in [0.1, 0.15) is 0 Å². The summed E-state index contributed by atoms with van der Waals surface area (Å²) >= 11 is 0. The topological polar surface area (TPSA) is 34.9 Å². The molecular weight excluding hydrogens is 152 g/mol. The van der Waals surface area contributed by atoms with E-state index in [2.05, 4.69) is 5.10 Å². The molecule has 0 spiro atoms.